The standard InChI is InChI=1S/C30H34ClN5O3/c1-4-6-27(36-20(3)15-24-23(29(32)38)7-5-8-26(24)36)35-30(25-18-39-14-13-19(25)2)33-17-21-9-11-22(12-10-21)34-28(37)16-31/h5-12,15H,4,13-14,16-18H2,1-3H3,(H2,32,38)(H,33,35)(H,34,37)/b27-6-. The Kier molecular flexibility index (Phi) is 9.22. The van der Waals surface area contributed by atoms with E-state index in [1.165, 1.54) is 5.57 Å². The molecule has 2 aromatic carbocycles. The Hall–Kier alpha value is -3.88. The van der Waals surface area contributed by atoms with Crippen LogP contribution in [0.3, 0.4) is 0 Å². The maximum absolute atomic E-state index is 12.1. The molecule has 204 valence electrons. The van der Waals surface area contributed by atoms with Gasteiger partial charge >= 0.3 is 0 Å². The molecule has 0 radical (unpaired) electrons. The molecule has 4 N–H and O–H groups in total. The van der Waals surface area contributed by atoms with E-state index >= 15 is 0 Å². The van der Waals surface area contributed by atoms with Crippen LogP contribution in [0.4, 0.5) is 5.69 Å². The Balaban J connectivity index is 1.72. The zero-order valence-corrected chi connectivity index (χ0v) is 23.3. The lowest BCUT2D eigenvalue weighted by Gasteiger charge is -2.22. The van der Waals surface area contributed by atoms with Crippen LogP contribution in [0.2, 0.25) is 0 Å². The molecule has 1 aromatic heterocycles. The number of nitrogens with zero attached hydrogens (tertiary/aromatic N) is 2. The minimum Gasteiger partial charge on any atom is -0.376 e. The third-order valence-electron chi connectivity index (χ3n) is 6.63. The van der Waals surface area contributed by atoms with Crippen molar-refractivity contribution in [3.63, 3.8) is 0 Å². The number of hydrogen-bond donors (Lipinski definition) is 3. The predicted octanol–water partition coefficient (Wildman–Crippen LogP) is 5.36. The molecule has 2 amide bonds. The van der Waals surface area contributed by atoms with E-state index < -0.39 is 5.91 Å². The van der Waals surface area contributed by atoms with Gasteiger partial charge in [-0.2, -0.15) is 0 Å². The fourth-order valence-electron chi connectivity index (χ4n) is 4.61. The van der Waals surface area contributed by atoms with Crippen LogP contribution in [0.1, 0.15) is 48.3 Å². The van der Waals surface area contributed by atoms with Crippen LogP contribution >= 0.6 is 11.6 Å². The average molecular weight is 548 g/mol. The van der Waals surface area contributed by atoms with Gasteiger partial charge in [-0.15, -0.1) is 11.6 Å². The molecular weight excluding hydrogens is 514 g/mol. The topological polar surface area (TPSA) is 111 Å². The zero-order valence-electron chi connectivity index (χ0n) is 22.5. The van der Waals surface area contributed by atoms with Crippen molar-refractivity contribution in [1.82, 2.24) is 9.88 Å². The molecule has 0 bridgehead atoms. The quantitative estimate of drug-likeness (QED) is 0.190. The van der Waals surface area contributed by atoms with Crippen molar-refractivity contribution in [2.45, 2.75) is 40.2 Å². The molecular formula is C30H34ClN5O3. The van der Waals surface area contributed by atoms with Crippen molar-refractivity contribution in [1.29, 1.82) is 0 Å². The first kappa shape index (κ1) is 28.1. The third kappa shape index (κ3) is 6.58. The number of fused-ring (bicyclic) bond motifs is 1. The van der Waals surface area contributed by atoms with E-state index in [0.717, 1.165) is 52.2 Å². The van der Waals surface area contributed by atoms with Gasteiger partial charge in [-0.05, 0) is 68.7 Å². The van der Waals surface area contributed by atoms with Crippen molar-refractivity contribution < 1.29 is 14.3 Å². The summed E-state index contributed by atoms with van der Waals surface area (Å²) in [7, 11) is 0. The van der Waals surface area contributed by atoms with Crippen molar-refractivity contribution >= 4 is 51.7 Å². The van der Waals surface area contributed by atoms with Crippen LogP contribution in [0.15, 0.2) is 70.7 Å². The van der Waals surface area contributed by atoms with Gasteiger partial charge in [0.1, 0.15) is 17.5 Å². The van der Waals surface area contributed by atoms with Gasteiger partial charge in [0, 0.05) is 34.4 Å². The second kappa shape index (κ2) is 12.8. The molecule has 3 aromatic rings. The molecule has 0 fully saturated rings. The summed E-state index contributed by atoms with van der Waals surface area (Å²) in [4.78, 5) is 28.8. The number of primary amides is 1. The Morgan fingerprint density at radius 2 is 1.95 bits per heavy atom. The van der Waals surface area contributed by atoms with Gasteiger partial charge in [0.05, 0.1) is 18.7 Å². The number of amidine groups is 1. The maximum Gasteiger partial charge on any atom is 0.249 e. The lowest BCUT2D eigenvalue weighted by Crippen LogP contribution is -2.30. The van der Waals surface area contributed by atoms with Gasteiger partial charge in [0.25, 0.3) is 0 Å². The van der Waals surface area contributed by atoms with E-state index in [2.05, 4.69) is 35.1 Å². The number of anilines is 1. The fraction of sp³-hybridized carbons (Fsp3) is 0.300. The molecule has 9 heteroatoms. The monoisotopic (exact) mass is 547 g/mol. The van der Waals surface area contributed by atoms with E-state index in [1.807, 2.05) is 49.4 Å². The number of rotatable bonds is 9. The van der Waals surface area contributed by atoms with Gasteiger partial charge in [-0.1, -0.05) is 30.7 Å². The minimum absolute atomic E-state index is 0.0900. The molecule has 4 rings (SSSR count). The largest absolute Gasteiger partial charge is 0.376 e. The molecule has 0 atom stereocenters. The Bertz CT molecular complexity index is 1470. The predicted molar refractivity (Wildman–Crippen MR) is 158 cm³/mol. The Labute approximate surface area is 233 Å². The maximum atomic E-state index is 12.1. The normalized spacial score (nSPS) is 14.6. The SMILES string of the molecule is CC/C=C(/N=C(/NCc1ccc(NC(=O)CCl)cc1)C1=C(C)CCOC1)n1c(C)cc2c(C(N)=O)cccc21. The molecule has 8 nitrogen and oxygen atoms in total. The second-order valence-electron chi connectivity index (χ2n) is 9.45. The number of aryl methyl sites for hydroxylation is 1. The highest BCUT2D eigenvalue weighted by atomic mass is 35.5. The highest BCUT2D eigenvalue weighted by molar-refractivity contribution is 6.29. The number of nitrogens with one attached hydrogen (secondary N) is 2. The van der Waals surface area contributed by atoms with Crippen molar-refractivity contribution in [3.8, 4) is 0 Å². The number of amides is 2. The molecule has 0 saturated carbocycles. The van der Waals surface area contributed by atoms with Gasteiger partial charge in [-0.25, -0.2) is 4.99 Å². The third-order valence-corrected chi connectivity index (χ3v) is 6.87. The molecule has 2 heterocycles. The van der Waals surface area contributed by atoms with Crippen LogP contribution in [0.25, 0.3) is 16.7 Å². The van der Waals surface area contributed by atoms with Gasteiger partial charge in [0.15, 0.2) is 0 Å². The summed E-state index contributed by atoms with van der Waals surface area (Å²) < 4.78 is 7.87. The number of carbonyl (C=O) groups is 2. The first-order chi connectivity index (χ1) is 18.8. The van der Waals surface area contributed by atoms with Gasteiger partial charge < -0.3 is 21.1 Å². The molecule has 1 aliphatic rings. The van der Waals surface area contributed by atoms with E-state index in [9.17, 15) is 9.59 Å². The Morgan fingerprint density at radius 3 is 2.62 bits per heavy atom. The molecule has 0 spiro atoms. The second-order valence-corrected chi connectivity index (χ2v) is 9.72. The number of aliphatic imine (C=N–C) groups is 1. The average Bonchev–Trinajstić information content (AvgIpc) is 3.27. The number of hydrogen-bond acceptors (Lipinski definition) is 4. The van der Waals surface area contributed by atoms with Gasteiger partial charge in [-0.3, -0.25) is 14.2 Å². The number of carbonyl (C=O) groups excluding carboxylic acids is 2. The summed E-state index contributed by atoms with van der Waals surface area (Å²) in [6.45, 7) is 7.86. The zero-order chi connectivity index (χ0) is 27.9. The number of benzene rings is 2. The van der Waals surface area contributed by atoms with Gasteiger partial charge in [0.2, 0.25) is 11.8 Å². The van der Waals surface area contributed by atoms with Crippen molar-refractivity contribution in [3.05, 3.63) is 82.6 Å². The van der Waals surface area contributed by atoms with Crippen LogP contribution in [0, 0.1) is 6.92 Å². The first-order valence-corrected chi connectivity index (χ1v) is 13.5. The summed E-state index contributed by atoms with van der Waals surface area (Å²) >= 11 is 5.59. The fourth-order valence-corrected chi connectivity index (χ4v) is 4.68. The molecule has 1 aliphatic heterocycles. The lowest BCUT2D eigenvalue weighted by molar-refractivity contribution is -0.113. The van der Waals surface area contributed by atoms with Crippen LogP contribution in [-0.2, 0) is 16.1 Å². The molecule has 0 unspecified atom stereocenters. The number of alkyl halides is 1. The minimum atomic E-state index is -0.460. The smallest absolute Gasteiger partial charge is 0.249 e. The molecule has 39 heavy (non-hydrogen) atoms. The lowest BCUT2D eigenvalue weighted by atomic mass is 10.0. The molecule has 0 aliphatic carbocycles. The number of allylic oxidation sites excluding steroid dienone is 1. The van der Waals surface area contributed by atoms with E-state index in [-0.39, 0.29) is 11.8 Å². The Morgan fingerprint density at radius 1 is 1.18 bits per heavy atom. The van der Waals surface area contributed by atoms with E-state index in [0.29, 0.717) is 31.0 Å². The highest BCUT2D eigenvalue weighted by Crippen LogP contribution is 2.28. The summed E-state index contributed by atoms with van der Waals surface area (Å²) in [5.41, 5.74) is 11.9. The van der Waals surface area contributed by atoms with Crippen molar-refractivity contribution in [2.75, 3.05) is 24.4 Å². The summed E-state index contributed by atoms with van der Waals surface area (Å²) in [6.07, 6.45) is 3.68. The number of nitrogens with two attached hydrogens (primary N) is 1. The first-order valence-electron chi connectivity index (χ1n) is 13.0. The van der Waals surface area contributed by atoms with Crippen LogP contribution in [0.5, 0.6) is 0 Å². The van der Waals surface area contributed by atoms with E-state index in [1.54, 1.807) is 6.07 Å². The van der Waals surface area contributed by atoms with Crippen LogP contribution in [-0.4, -0.2) is 41.3 Å². The van der Waals surface area contributed by atoms with Crippen LogP contribution < -0.4 is 16.4 Å². The summed E-state index contributed by atoms with van der Waals surface area (Å²) in [5.74, 6) is 0.686. The van der Waals surface area contributed by atoms with E-state index in [4.69, 9.17) is 27.1 Å². The number of ether oxygens (including phenoxy) is 1. The summed E-state index contributed by atoms with van der Waals surface area (Å²) in [6, 6.07) is 15.1. The summed E-state index contributed by atoms with van der Waals surface area (Å²) in [5, 5.41) is 7.08. The number of aromatic nitrogens is 1. The van der Waals surface area contributed by atoms with Crippen molar-refractivity contribution in [2.24, 2.45) is 10.7 Å². The highest BCUT2D eigenvalue weighted by Gasteiger charge is 2.19. The molecule has 0 saturated heterocycles. The number of halogens is 1.